The van der Waals surface area contributed by atoms with E-state index in [-0.39, 0.29) is 5.92 Å². The molecule has 0 heterocycles. The molecule has 0 aliphatic carbocycles. The monoisotopic (exact) mass is 413 g/mol. The lowest BCUT2D eigenvalue weighted by molar-refractivity contribution is -0.149. The number of amides is 1. The van der Waals surface area contributed by atoms with Crippen LogP contribution >= 0.6 is 34.8 Å². The molecule has 0 radical (unpaired) electrons. The Hall–Kier alpha value is -1.75. The second-order valence-electron chi connectivity index (χ2n) is 6.06. The number of anilines is 1. The van der Waals surface area contributed by atoms with Crippen molar-refractivity contribution in [3.8, 4) is 0 Å². The second-order valence-corrected chi connectivity index (χ2v) is 7.31. The minimum atomic E-state index is -0.481. The fourth-order valence-electron chi connectivity index (χ4n) is 2.46. The van der Waals surface area contributed by atoms with Gasteiger partial charge in [0.1, 0.15) is 0 Å². The molecule has 1 atom stereocenters. The maximum absolute atomic E-state index is 12.5. The quantitative estimate of drug-likeness (QED) is 0.629. The Morgan fingerprint density at radius 2 is 1.65 bits per heavy atom. The van der Waals surface area contributed by atoms with E-state index in [2.05, 4.69) is 5.32 Å². The first-order valence-electron chi connectivity index (χ1n) is 7.95. The summed E-state index contributed by atoms with van der Waals surface area (Å²) in [6, 6.07) is 11.7. The van der Waals surface area contributed by atoms with Crippen LogP contribution < -0.4 is 5.32 Å². The van der Waals surface area contributed by atoms with E-state index in [1.807, 2.05) is 13.8 Å². The van der Waals surface area contributed by atoms with Crippen molar-refractivity contribution in [3.63, 3.8) is 0 Å². The van der Waals surface area contributed by atoms with E-state index >= 15 is 0 Å². The van der Waals surface area contributed by atoms with Gasteiger partial charge in [-0.15, -0.1) is 0 Å². The molecule has 0 unspecified atom stereocenters. The van der Waals surface area contributed by atoms with Crippen molar-refractivity contribution in [2.45, 2.75) is 19.8 Å². The average Bonchev–Trinajstić information content (AvgIpc) is 2.58. The van der Waals surface area contributed by atoms with E-state index in [1.54, 1.807) is 36.4 Å². The molecule has 0 aliphatic heterocycles. The van der Waals surface area contributed by atoms with Crippen LogP contribution in [0.3, 0.4) is 0 Å². The molecule has 26 heavy (non-hydrogen) atoms. The summed E-state index contributed by atoms with van der Waals surface area (Å²) in [5.41, 5.74) is 1.26. The highest BCUT2D eigenvalue weighted by molar-refractivity contribution is 6.42. The van der Waals surface area contributed by atoms with Gasteiger partial charge in [0.25, 0.3) is 5.91 Å². The molecule has 7 heteroatoms. The van der Waals surface area contributed by atoms with Gasteiger partial charge in [-0.1, -0.05) is 60.8 Å². The van der Waals surface area contributed by atoms with Crippen LogP contribution in [0.15, 0.2) is 42.5 Å². The highest BCUT2D eigenvalue weighted by Crippen LogP contribution is 2.27. The summed E-state index contributed by atoms with van der Waals surface area (Å²) in [6.07, 6.45) is 0. The summed E-state index contributed by atoms with van der Waals surface area (Å²) >= 11 is 17.6. The molecule has 0 spiro atoms. The Kier molecular flexibility index (Phi) is 7.33. The van der Waals surface area contributed by atoms with Crippen molar-refractivity contribution in [3.05, 3.63) is 63.1 Å². The van der Waals surface area contributed by atoms with E-state index in [1.165, 1.54) is 6.07 Å². The maximum atomic E-state index is 12.5. The smallest absolute Gasteiger partial charge is 0.314 e. The molecule has 0 bridgehead atoms. The molecular formula is C19H18Cl3NO3. The minimum Gasteiger partial charge on any atom is -0.455 e. The minimum absolute atomic E-state index is 0.00167. The third kappa shape index (κ3) is 5.63. The Bertz CT molecular complexity index is 791. The summed E-state index contributed by atoms with van der Waals surface area (Å²) in [5.74, 6) is -1.41. The molecule has 0 saturated carbocycles. The van der Waals surface area contributed by atoms with Crippen molar-refractivity contribution < 1.29 is 14.3 Å². The van der Waals surface area contributed by atoms with E-state index < -0.39 is 24.4 Å². The number of benzene rings is 2. The Labute approximate surface area is 167 Å². The van der Waals surface area contributed by atoms with Gasteiger partial charge in [-0.2, -0.15) is 0 Å². The highest BCUT2D eigenvalue weighted by Gasteiger charge is 2.26. The number of ether oxygens (including phenoxy) is 1. The number of hydrogen-bond donors (Lipinski definition) is 1. The van der Waals surface area contributed by atoms with Gasteiger partial charge in [-0.05, 0) is 41.8 Å². The van der Waals surface area contributed by atoms with Crippen LogP contribution in [0.2, 0.25) is 15.1 Å². The number of rotatable bonds is 6. The number of hydrogen-bond acceptors (Lipinski definition) is 3. The standard InChI is InChI=1S/C19H18Cl3NO3/c1-11(2)18(12-3-5-13(20)6-4-12)19(25)26-10-17(24)23-14-7-8-15(21)16(22)9-14/h3-9,11,18H,10H2,1-2H3,(H,23,24)/t18-/m0/s1. The van der Waals surface area contributed by atoms with Crippen molar-refractivity contribution in [2.75, 3.05) is 11.9 Å². The van der Waals surface area contributed by atoms with Crippen LogP contribution in [0.1, 0.15) is 25.3 Å². The average molecular weight is 415 g/mol. The predicted octanol–water partition coefficient (Wildman–Crippen LogP) is 5.57. The zero-order valence-corrected chi connectivity index (χ0v) is 16.5. The molecule has 0 saturated heterocycles. The lowest BCUT2D eigenvalue weighted by Crippen LogP contribution is -2.26. The molecule has 0 fully saturated rings. The molecule has 2 aromatic rings. The summed E-state index contributed by atoms with van der Waals surface area (Å²) in [4.78, 5) is 24.5. The molecular weight excluding hydrogens is 397 g/mol. The van der Waals surface area contributed by atoms with Gasteiger partial charge in [0.05, 0.1) is 16.0 Å². The normalized spacial score (nSPS) is 11.9. The van der Waals surface area contributed by atoms with Crippen LogP contribution in [-0.2, 0) is 14.3 Å². The SMILES string of the molecule is CC(C)[C@H](C(=O)OCC(=O)Nc1ccc(Cl)c(Cl)c1)c1ccc(Cl)cc1. The summed E-state index contributed by atoms with van der Waals surface area (Å²) in [7, 11) is 0. The summed E-state index contributed by atoms with van der Waals surface area (Å²) in [5, 5.41) is 3.90. The van der Waals surface area contributed by atoms with E-state index in [0.29, 0.717) is 20.8 Å². The number of carbonyl (C=O) groups excluding carboxylic acids is 2. The molecule has 2 aromatic carbocycles. The number of nitrogens with one attached hydrogen (secondary N) is 1. The van der Waals surface area contributed by atoms with E-state index in [4.69, 9.17) is 39.5 Å². The van der Waals surface area contributed by atoms with Gasteiger partial charge >= 0.3 is 5.97 Å². The maximum Gasteiger partial charge on any atom is 0.314 e. The topological polar surface area (TPSA) is 55.4 Å². The van der Waals surface area contributed by atoms with Crippen molar-refractivity contribution >= 4 is 52.4 Å². The van der Waals surface area contributed by atoms with Gasteiger partial charge in [0.2, 0.25) is 0 Å². The zero-order valence-electron chi connectivity index (χ0n) is 14.3. The first kappa shape index (κ1) is 20.6. The largest absolute Gasteiger partial charge is 0.455 e. The summed E-state index contributed by atoms with van der Waals surface area (Å²) < 4.78 is 5.20. The lowest BCUT2D eigenvalue weighted by Gasteiger charge is -2.20. The van der Waals surface area contributed by atoms with Crippen molar-refractivity contribution in [1.29, 1.82) is 0 Å². The van der Waals surface area contributed by atoms with Gasteiger partial charge in [-0.25, -0.2) is 0 Å². The van der Waals surface area contributed by atoms with Crippen molar-refractivity contribution in [1.82, 2.24) is 0 Å². The number of esters is 1. The van der Waals surface area contributed by atoms with Gasteiger partial charge in [0.15, 0.2) is 6.61 Å². The molecule has 2 rings (SSSR count). The molecule has 4 nitrogen and oxygen atoms in total. The predicted molar refractivity (Wildman–Crippen MR) is 105 cm³/mol. The Balaban J connectivity index is 1.97. The molecule has 0 aliphatic rings. The summed E-state index contributed by atoms with van der Waals surface area (Å²) in [6.45, 7) is 3.43. The zero-order chi connectivity index (χ0) is 19.3. The highest BCUT2D eigenvalue weighted by atomic mass is 35.5. The molecule has 1 amide bonds. The molecule has 0 aromatic heterocycles. The third-order valence-corrected chi connectivity index (χ3v) is 4.69. The van der Waals surface area contributed by atoms with Crippen LogP contribution in [0.4, 0.5) is 5.69 Å². The van der Waals surface area contributed by atoms with E-state index in [0.717, 1.165) is 5.56 Å². The molecule has 1 N–H and O–H groups in total. The van der Waals surface area contributed by atoms with Crippen LogP contribution in [0.5, 0.6) is 0 Å². The lowest BCUT2D eigenvalue weighted by atomic mass is 9.88. The van der Waals surface area contributed by atoms with Gasteiger partial charge < -0.3 is 10.1 Å². The second kappa shape index (κ2) is 9.26. The fraction of sp³-hybridized carbons (Fsp3) is 0.263. The fourth-order valence-corrected chi connectivity index (χ4v) is 2.88. The Morgan fingerprint density at radius 1 is 1.00 bits per heavy atom. The first-order valence-corrected chi connectivity index (χ1v) is 9.08. The number of carbonyl (C=O) groups is 2. The van der Waals surface area contributed by atoms with Gasteiger partial charge in [-0.3, -0.25) is 9.59 Å². The number of halogens is 3. The van der Waals surface area contributed by atoms with Crippen LogP contribution in [0.25, 0.3) is 0 Å². The van der Waals surface area contributed by atoms with Crippen LogP contribution in [0, 0.1) is 5.92 Å². The van der Waals surface area contributed by atoms with Crippen LogP contribution in [-0.4, -0.2) is 18.5 Å². The molecule has 138 valence electrons. The third-order valence-electron chi connectivity index (χ3n) is 3.70. The first-order chi connectivity index (χ1) is 12.3. The van der Waals surface area contributed by atoms with E-state index in [9.17, 15) is 9.59 Å². The Morgan fingerprint density at radius 3 is 2.23 bits per heavy atom. The van der Waals surface area contributed by atoms with Gasteiger partial charge in [0, 0.05) is 10.7 Å². The van der Waals surface area contributed by atoms with Crippen molar-refractivity contribution in [2.24, 2.45) is 5.92 Å².